The maximum absolute atomic E-state index is 13.1. The topological polar surface area (TPSA) is 125 Å². The second-order valence-corrected chi connectivity index (χ2v) is 15.6. The van der Waals surface area contributed by atoms with E-state index in [2.05, 4.69) is 20.2 Å². The highest BCUT2D eigenvalue weighted by atomic mass is 32.2. The maximum atomic E-state index is 13.1. The van der Waals surface area contributed by atoms with Crippen molar-refractivity contribution in [2.24, 2.45) is 0 Å². The molecule has 3 heterocycles. The molecular formula is C36H43N5O5S2. The zero-order valence-electron chi connectivity index (χ0n) is 27.5. The van der Waals surface area contributed by atoms with Gasteiger partial charge in [-0.2, -0.15) is 13.5 Å². The molecule has 2 amide bonds. The number of carbonyl (C=O) groups is 2. The van der Waals surface area contributed by atoms with E-state index in [9.17, 15) is 18.0 Å². The Bertz CT molecular complexity index is 1840. The molecule has 1 aromatic heterocycles. The highest BCUT2D eigenvalue weighted by Crippen LogP contribution is 2.33. The van der Waals surface area contributed by atoms with Gasteiger partial charge in [-0.1, -0.05) is 48.5 Å². The summed E-state index contributed by atoms with van der Waals surface area (Å²) in [6, 6.07) is 23.1. The van der Waals surface area contributed by atoms with Gasteiger partial charge in [0.1, 0.15) is 11.4 Å². The van der Waals surface area contributed by atoms with Crippen LogP contribution in [0.2, 0.25) is 0 Å². The summed E-state index contributed by atoms with van der Waals surface area (Å²) < 4.78 is 29.0. The third-order valence-electron chi connectivity index (χ3n) is 8.50. The van der Waals surface area contributed by atoms with Crippen molar-refractivity contribution >= 4 is 41.0 Å². The quantitative estimate of drug-likeness (QED) is 0.230. The van der Waals surface area contributed by atoms with Crippen molar-refractivity contribution in [2.75, 3.05) is 36.5 Å². The number of aromatic nitrogens is 2. The molecule has 254 valence electrons. The van der Waals surface area contributed by atoms with Gasteiger partial charge in [0.25, 0.3) is 5.91 Å². The van der Waals surface area contributed by atoms with Gasteiger partial charge in [-0.3, -0.25) is 14.6 Å². The van der Waals surface area contributed by atoms with E-state index in [1.54, 1.807) is 17.2 Å². The summed E-state index contributed by atoms with van der Waals surface area (Å²) in [5.41, 5.74) is 5.50. The number of ether oxygens (including phenoxy) is 1. The van der Waals surface area contributed by atoms with E-state index >= 15 is 0 Å². The van der Waals surface area contributed by atoms with Gasteiger partial charge in [-0.15, -0.1) is 0 Å². The van der Waals surface area contributed by atoms with Crippen molar-refractivity contribution in [1.82, 2.24) is 19.8 Å². The lowest BCUT2D eigenvalue weighted by molar-refractivity contribution is 0.0218. The van der Waals surface area contributed by atoms with Crippen molar-refractivity contribution in [3.63, 3.8) is 0 Å². The zero-order valence-corrected chi connectivity index (χ0v) is 29.3. The number of likely N-dealkylation sites (tertiary alicyclic amines) is 1. The molecular weight excluding hydrogens is 647 g/mol. The molecule has 2 saturated heterocycles. The van der Waals surface area contributed by atoms with Gasteiger partial charge in [0, 0.05) is 37.4 Å². The van der Waals surface area contributed by atoms with Crippen LogP contribution in [0.5, 0.6) is 0 Å². The SMILES string of the molecule is CC(C)(C)OC(=O)N1CCC[C@H]1c1ncc(-c2ccc(-c3cccc(C(=O)Nc4ccc(CN5CCS(=O)(=O)CC5)cc4)c3)cc2)[nH]1.S. The Balaban J connectivity index is 0.00000451. The first-order chi connectivity index (χ1) is 22.4. The molecule has 2 N–H and O–H groups in total. The Labute approximate surface area is 289 Å². The minimum absolute atomic E-state index is 0. The van der Waals surface area contributed by atoms with Crippen molar-refractivity contribution in [3.05, 3.63) is 95.9 Å². The molecule has 12 heteroatoms. The van der Waals surface area contributed by atoms with Crippen LogP contribution in [0.25, 0.3) is 22.4 Å². The van der Waals surface area contributed by atoms with E-state index < -0.39 is 15.4 Å². The van der Waals surface area contributed by atoms with Crippen LogP contribution < -0.4 is 5.32 Å². The van der Waals surface area contributed by atoms with Gasteiger partial charge in [0.15, 0.2) is 9.84 Å². The number of carbonyl (C=O) groups excluding carboxylic acids is 2. The number of H-pyrrole nitrogens is 1. The molecule has 0 spiro atoms. The number of aromatic amines is 1. The van der Waals surface area contributed by atoms with Crippen LogP contribution in [0.15, 0.2) is 79.0 Å². The summed E-state index contributed by atoms with van der Waals surface area (Å²) in [7, 11) is -2.90. The fraction of sp³-hybridized carbons (Fsp3) is 0.361. The average molecular weight is 690 g/mol. The van der Waals surface area contributed by atoms with Gasteiger partial charge < -0.3 is 15.0 Å². The molecule has 6 rings (SSSR count). The lowest BCUT2D eigenvalue weighted by atomic mass is 10.0. The molecule has 0 bridgehead atoms. The second-order valence-electron chi connectivity index (χ2n) is 13.3. The standard InChI is InChI=1S/C36H41N5O5S.H2S/c1-36(2,3)46-35(43)41-17-5-8-32(41)33-37-23-31(39-33)27-13-11-26(12-14-27)28-6-4-7-29(22-28)34(42)38-30-15-9-25(10-16-30)24-40-18-20-47(44,45)21-19-40;/h4,6-7,9-16,22-23,32H,5,8,17-21,24H2,1-3H3,(H,37,39)(H,38,42);1H2/t32-;/m0./s1. The fourth-order valence-corrected chi connectivity index (χ4v) is 7.27. The van der Waals surface area contributed by atoms with E-state index in [0.717, 1.165) is 46.6 Å². The molecule has 0 saturated carbocycles. The highest BCUT2D eigenvalue weighted by Gasteiger charge is 2.35. The summed E-state index contributed by atoms with van der Waals surface area (Å²) in [4.78, 5) is 37.8. The molecule has 0 aliphatic carbocycles. The average Bonchev–Trinajstić information content (AvgIpc) is 3.73. The lowest BCUT2D eigenvalue weighted by Crippen LogP contribution is -2.39. The van der Waals surface area contributed by atoms with Crippen molar-refractivity contribution in [1.29, 1.82) is 0 Å². The van der Waals surface area contributed by atoms with Crippen molar-refractivity contribution in [2.45, 2.75) is 51.8 Å². The van der Waals surface area contributed by atoms with E-state index in [-0.39, 0.29) is 43.0 Å². The monoisotopic (exact) mass is 689 g/mol. The Hall–Kier alpha value is -4.13. The van der Waals surface area contributed by atoms with E-state index in [0.29, 0.717) is 37.4 Å². The number of amides is 2. The molecule has 2 fully saturated rings. The Kier molecular flexibility index (Phi) is 10.7. The molecule has 3 aromatic carbocycles. The first kappa shape index (κ1) is 35.2. The fourth-order valence-electron chi connectivity index (χ4n) is 5.99. The minimum atomic E-state index is -2.90. The van der Waals surface area contributed by atoms with Gasteiger partial charge >= 0.3 is 6.09 Å². The number of rotatable bonds is 7. The van der Waals surface area contributed by atoms with Gasteiger partial charge in [0.05, 0.1) is 29.4 Å². The minimum Gasteiger partial charge on any atom is -0.444 e. The smallest absolute Gasteiger partial charge is 0.410 e. The molecule has 4 aromatic rings. The van der Waals surface area contributed by atoms with Crippen molar-refractivity contribution < 1.29 is 22.7 Å². The van der Waals surface area contributed by atoms with Crippen LogP contribution >= 0.6 is 13.5 Å². The second kappa shape index (κ2) is 14.6. The predicted molar refractivity (Wildman–Crippen MR) is 193 cm³/mol. The third kappa shape index (κ3) is 8.66. The van der Waals surface area contributed by atoms with Crippen LogP contribution in [0.3, 0.4) is 0 Å². The van der Waals surface area contributed by atoms with E-state index in [4.69, 9.17) is 4.74 Å². The number of hydrogen-bond donors (Lipinski definition) is 2. The summed E-state index contributed by atoms with van der Waals surface area (Å²) in [6.07, 6.45) is 3.21. The molecule has 2 aliphatic heterocycles. The molecule has 0 unspecified atom stereocenters. The van der Waals surface area contributed by atoms with Crippen LogP contribution in [0, 0.1) is 0 Å². The normalized spacial score (nSPS) is 17.8. The predicted octanol–water partition coefficient (Wildman–Crippen LogP) is 6.41. The van der Waals surface area contributed by atoms with Crippen LogP contribution in [0.1, 0.15) is 61.4 Å². The first-order valence-corrected chi connectivity index (χ1v) is 17.8. The highest BCUT2D eigenvalue weighted by molar-refractivity contribution is 7.91. The number of imidazole rings is 1. The number of nitrogens with one attached hydrogen (secondary N) is 2. The maximum Gasteiger partial charge on any atom is 0.410 e. The number of benzene rings is 3. The summed E-state index contributed by atoms with van der Waals surface area (Å²) in [5, 5.41) is 2.98. The van der Waals surface area contributed by atoms with Crippen LogP contribution in [-0.2, 0) is 21.1 Å². The molecule has 10 nitrogen and oxygen atoms in total. The number of sulfone groups is 1. The van der Waals surface area contributed by atoms with Crippen LogP contribution in [-0.4, -0.2) is 76.9 Å². The third-order valence-corrected chi connectivity index (χ3v) is 10.1. The number of hydrogen-bond acceptors (Lipinski definition) is 7. The van der Waals surface area contributed by atoms with Gasteiger partial charge in [-0.05, 0) is 80.1 Å². The molecule has 1 atom stereocenters. The lowest BCUT2D eigenvalue weighted by Gasteiger charge is -2.27. The largest absolute Gasteiger partial charge is 0.444 e. The van der Waals surface area contributed by atoms with E-state index in [1.807, 2.05) is 87.5 Å². The van der Waals surface area contributed by atoms with E-state index in [1.165, 1.54) is 0 Å². The summed E-state index contributed by atoms with van der Waals surface area (Å²) in [6.45, 7) is 8.01. The van der Waals surface area contributed by atoms with Crippen LogP contribution in [0.4, 0.5) is 10.5 Å². The first-order valence-electron chi connectivity index (χ1n) is 16.0. The molecule has 48 heavy (non-hydrogen) atoms. The zero-order chi connectivity index (χ0) is 33.2. The number of nitrogens with zero attached hydrogens (tertiary/aromatic N) is 3. The Morgan fingerprint density at radius 3 is 2.31 bits per heavy atom. The molecule has 0 radical (unpaired) electrons. The molecule has 2 aliphatic rings. The van der Waals surface area contributed by atoms with Gasteiger partial charge in [0.2, 0.25) is 0 Å². The Morgan fingerprint density at radius 1 is 0.938 bits per heavy atom. The van der Waals surface area contributed by atoms with Crippen molar-refractivity contribution in [3.8, 4) is 22.4 Å². The summed E-state index contributed by atoms with van der Waals surface area (Å²) in [5.74, 6) is 0.955. The Morgan fingerprint density at radius 2 is 1.62 bits per heavy atom. The summed E-state index contributed by atoms with van der Waals surface area (Å²) >= 11 is 0. The van der Waals surface area contributed by atoms with Gasteiger partial charge in [-0.25, -0.2) is 18.2 Å². The number of anilines is 1.